The highest BCUT2D eigenvalue weighted by Gasteiger charge is 2.31. The molecular formula is C14H20N2O. The Bertz CT molecular complexity index is 360. The predicted molar refractivity (Wildman–Crippen MR) is 68.6 cm³/mol. The molecule has 0 aliphatic heterocycles. The predicted octanol–water partition coefficient (Wildman–Crippen LogP) is 1.79. The Labute approximate surface area is 103 Å². The van der Waals surface area contributed by atoms with Gasteiger partial charge in [-0.25, -0.2) is 0 Å². The highest BCUT2D eigenvalue weighted by atomic mass is 16.2. The Kier molecular flexibility index (Phi) is 4.15. The summed E-state index contributed by atoms with van der Waals surface area (Å²) < 4.78 is 0. The molecule has 1 aliphatic rings. The molecule has 1 N–H and O–H groups in total. The van der Waals surface area contributed by atoms with Gasteiger partial charge in [0.25, 0.3) is 0 Å². The van der Waals surface area contributed by atoms with Crippen molar-refractivity contribution in [3.05, 3.63) is 35.9 Å². The van der Waals surface area contributed by atoms with Crippen LogP contribution in [0.2, 0.25) is 0 Å². The molecule has 0 unspecified atom stereocenters. The van der Waals surface area contributed by atoms with Crippen LogP contribution in [0.5, 0.6) is 0 Å². The molecular weight excluding hydrogens is 212 g/mol. The molecule has 0 atom stereocenters. The van der Waals surface area contributed by atoms with Crippen LogP contribution in [0.25, 0.3) is 0 Å². The lowest BCUT2D eigenvalue weighted by atomic mass is 10.2. The van der Waals surface area contributed by atoms with Crippen molar-refractivity contribution >= 4 is 5.91 Å². The van der Waals surface area contributed by atoms with Gasteiger partial charge in [-0.15, -0.1) is 0 Å². The van der Waals surface area contributed by atoms with Crippen molar-refractivity contribution in [3.8, 4) is 0 Å². The van der Waals surface area contributed by atoms with Gasteiger partial charge in [0.05, 0.1) is 6.54 Å². The highest BCUT2D eigenvalue weighted by molar-refractivity contribution is 5.78. The van der Waals surface area contributed by atoms with Crippen LogP contribution in [-0.4, -0.2) is 29.9 Å². The second kappa shape index (κ2) is 5.82. The van der Waals surface area contributed by atoms with Gasteiger partial charge in [-0.3, -0.25) is 4.79 Å². The number of rotatable bonds is 6. The van der Waals surface area contributed by atoms with Gasteiger partial charge in [0.2, 0.25) is 5.91 Å². The van der Waals surface area contributed by atoms with Crippen molar-refractivity contribution in [2.24, 2.45) is 0 Å². The molecule has 0 aromatic heterocycles. The van der Waals surface area contributed by atoms with Crippen LogP contribution in [0.1, 0.15) is 25.3 Å². The molecule has 0 spiro atoms. The molecule has 17 heavy (non-hydrogen) atoms. The molecule has 92 valence electrons. The van der Waals surface area contributed by atoms with Crippen LogP contribution < -0.4 is 5.32 Å². The lowest BCUT2D eigenvalue weighted by molar-refractivity contribution is -0.131. The van der Waals surface area contributed by atoms with E-state index >= 15 is 0 Å². The number of hydrogen-bond acceptors (Lipinski definition) is 2. The average molecular weight is 232 g/mol. The van der Waals surface area contributed by atoms with Gasteiger partial charge in [-0.1, -0.05) is 37.3 Å². The lowest BCUT2D eigenvalue weighted by Crippen LogP contribution is -2.39. The second-order valence-corrected chi connectivity index (χ2v) is 4.52. The van der Waals surface area contributed by atoms with E-state index in [-0.39, 0.29) is 5.91 Å². The summed E-state index contributed by atoms with van der Waals surface area (Å²) in [6, 6.07) is 10.7. The standard InChI is InChI=1S/C14H20N2O/c1-2-15-10-14(17)16(13-8-9-13)11-12-6-4-3-5-7-12/h3-7,13,15H,2,8-11H2,1H3. The molecule has 3 nitrogen and oxygen atoms in total. The number of carbonyl (C=O) groups excluding carboxylic acids is 1. The highest BCUT2D eigenvalue weighted by Crippen LogP contribution is 2.28. The number of nitrogens with one attached hydrogen (secondary N) is 1. The van der Waals surface area contributed by atoms with Crippen LogP contribution in [-0.2, 0) is 11.3 Å². The molecule has 0 saturated heterocycles. The van der Waals surface area contributed by atoms with Gasteiger partial charge in [0.15, 0.2) is 0 Å². The summed E-state index contributed by atoms with van der Waals surface area (Å²) in [5, 5.41) is 3.11. The molecule has 0 radical (unpaired) electrons. The van der Waals surface area contributed by atoms with Crippen molar-refractivity contribution in [2.45, 2.75) is 32.4 Å². The molecule has 1 aliphatic carbocycles. The monoisotopic (exact) mass is 232 g/mol. The van der Waals surface area contributed by atoms with Crippen molar-refractivity contribution in [2.75, 3.05) is 13.1 Å². The summed E-state index contributed by atoms with van der Waals surface area (Å²) in [6.07, 6.45) is 2.31. The minimum Gasteiger partial charge on any atom is -0.334 e. The summed E-state index contributed by atoms with van der Waals surface area (Å²) in [5.41, 5.74) is 1.21. The smallest absolute Gasteiger partial charge is 0.237 e. The molecule has 0 bridgehead atoms. The van der Waals surface area contributed by atoms with E-state index in [1.54, 1.807) is 0 Å². The minimum atomic E-state index is 0.221. The van der Waals surface area contributed by atoms with Crippen LogP contribution in [0.3, 0.4) is 0 Å². The molecule has 3 heteroatoms. The molecule has 1 saturated carbocycles. The van der Waals surface area contributed by atoms with E-state index in [4.69, 9.17) is 0 Å². The molecule has 1 aromatic rings. The number of likely N-dealkylation sites (N-methyl/N-ethyl adjacent to an activating group) is 1. The van der Waals surface area contributed by atoms with Crippen molar-refractivity contribution in [1.82, 2.24) is 10.2 Å². The summed E-state index contributed by atoms with van der Waals surface area (Å²) in [7, 11) is 0. The molecule has 2 rings (SSSR count). The molecule has 1 amide bonds. The van der Waals surface area contributed by atoms with Gasteiger partial charge >= 0.3 is 0 Å². The van der Waals surface area contributed by atoms with Crippen LogP contribution in [0.15, 0.2) is 30.3 Å². The first-order chi connectivity index (χ1) is 8.31. The normalized spacial score (nSPS) is 14.6. The van der Waals surface area contributed by atoms with Crippen molar-refractivity contribution < 1.29 is 4.79 Å². The van der Waals surface area contributed by atoms with Crippen molar-refractivity contribution in [3.63, 3.8) is 0 Å². The van der Waals surface area contributed by atoms with E-state index in [9.17, 15) is 4.79 Å². The maximum Gasteiger partial charge on any atom is 0.237 e. The third kappa shape index (κ3) is 3.56. The molecule has 1 fully saturated rings. The molecule has 1 aromatic carbocycles. The summed E-state index contributed by atoms with van der Waals surface area (Å²) in [4.78, 5) is 14.1. The van der Waals surface area contributed by atoms with Gasteiger partial charge in [0.1, 0.15) is 0 Å². The third-order valence-corrected chi connectivity index (χ3v) is 3.03. The van der Waals surface area contributed by atoms with Crippen molar-refractivity contribution in [1.29, 1.82) is 0 Å². The number of nitrogens with zero attached hydrogens (tertiary/aromatic N) is 1. The average Bonchev–Trinajstić information content (AvgIpc) is 3.18. The topological polar surface area (TPSA) is 32.3 Å². The minimum absolute atomic E-state index is 0.221. The van der Waals surface area contributed by atoms with E-state index in [0.717, 1.165) is 25.9 Å². The van der Waals surface area contributed by atoms with Gasteiger partial charge < -0.3 is 10.2 Å². The summed E-state index contributed by atoms with van der Waals surface area (Å²) >= 11 is 0. The van der Waals surface area contributed by atoms with Gasteiger partial charge in [-0.05, 0) is 24.9 Å². The Balaban J connectivity index is 1.95. The zero-order chi connectivity index (χ0) is 12.1. The Morgan fingerprint density at radius 2 is 2.06 bits per heavy atom. The number of benzene rings is 1. The first kappa shape index (κ1) is 12.1. The van der Waals surface area contributed by atoms with E-state index in [1.807, 2.05) is 30.0 Å². The first-order valence-corrected chi connectivity index (χ1v) is 6.35. The summed E-state index contributed by atoms with van der Waals surface area (Å²) in [6.45, 7) is 4.07. The fourth-order valence-electron chi connectivity index (χ4n) is 1.92. The Morgan fingerprint density at radius 3 is 2.65 bits per heavy atom. The first-order valence-electron chi connectivity index (χ1n) is 6.35. The van der Waals surface area contributed by atoms with Gasteiger partial charge in [0, 0.05) is 12.6 Å². The largest absolute Gasteiger partial charge is 0.334 e. The molecule has 0 heterocycles. The maximum atomic E-state index is 12.1. The lowest BCUT2D eigenvalue weighted by Gasteiger charge is -2.22. The SMILES string of the molecule is CCNCC(=O)N(Cc1ccccc1)C1CC1. The van der Waals surface area contributed by atoms with E-state index < -0.39 is 0 Å². The fourth-order valence-corrected chi connectivity index (χ4v) is 1.92. The number of carbonyl (C=O) groups is 1. The third-order valence-electron chi connectivity index (χ3n) is 3.03. The quantitative estimate of drug-likeness (QED) is 0.811. The van der Waals surface area contributed by atoms with E-state index in [0.29, 0.717) is 12.6 Å². The van der Waals surface area contributed by atoms with Gasteiger partial charge in [-0.2, -0.15) is 0 Å². The Morgan fingerprint density at radius 1 is 1.35 bits per heavy atom. The number of hydrogen-bond donors (Lipinski definition) is 1. The van der Waals surface area contributed by atoms with Crippen LogP contribution in [0.4, 0.5) is 0 Å². The second-order valence-electron chi connectivity index (χ2n) is 4.52. The Hall–Kier alpha value is -1.35. The van der Waals surface area contributed by atoms with E-state index in [1.165, 1.54) is 5.56 Å². The fraction of sp³-hybridized carbons (Fsp3) is 0.500. The van der Waals surface area contributed by atoms with E-state index in [2.05, 4.69) is 17.4 Å². The zero-order valence-corrected chi connectivity index (χ0v) is 10.4. The van der Waals surface area contributed by atoms with Crippen LogP contribution in [0, 0.1) is 0 Å². The maximum absolute atomic E-state index is 12.1. The number of amides is 1. The zero-order valence-electron chi connectivity index (χ0n) is 10.4. The van der Waals surface area contributed by atoms with Crippen LogP contribution >= 0.6 is 0 Å². The summed E-state index contributed by atoms with van der Waals surface area (Å²) in [5.74, 6) is 0.221.